The van der Waals surface area contributed by atoms with Crippen molar-refractivity contribution in [2.45, 2.75) is 32.2 Å². The van der Waals surface area contributed by atoms with Gasteiger partial charge in [-0.05, 0) is 67.9 Å². The standard InChI is InChI=1S/C24H29NO3/c1-27-22-14-19-13-20(24(26)21(19)15-23(22)28-2)12-17-8-10-25(11-9-17)16-18-6-4-3-5-7-18/h3-7,14-15,17,20H,8-13,16H2,1-2H3/i14D,15D. The lowest BCUT2D eigenvalue weighted by Gasteiger charge is -2.32. The van der Waals surface area contributed by atoms with Gasteiger partial charge in [-0.3, -0.25) is 9.69 Å². The second-order valence-corrected chi connectivity index (χ2v) is 7.88. The van der Waals surface area contributed by atoms with E-state index < -0.39 is 0 Å². The molecular formula is C24H29NO3. The smallest absolute Gasteiger partial charge is 0.166 e. The summed E-state index contributed by atoms with van der Waals surface area (Å²) >= 11 is 0. The lowest BCUT2D eigenvalue weighted by molar-refractivity contribution is 0.0895. The van der Waals surface area contributed by atoms with Crippen molar-refractivity contribution in [2.75, 3.05) is 27.3 Å². The molecule has 0 N–H and O–H groups in total. The second kappa shape index (κ2) is 8.36. The maximum absolute atomic E-state index is 13.1. The van der Waals surface area contributed by atoms with Gasteiger partial charge in [-0.15, -0.1) is 0 Å². The third-order valence-electron chi connectivity index (χ3n) is 6.06. The van der Waals surface area contributed by atoms with Crippen molar-refractivity contribution in [2.24, 2.45) is 11.8 Å². The highest BCUT2D eigenvalue weighted by atomic mass is 16.5. The number of nitrogens with zero attached hydrogens (tertiary/aromatic N) is 1. The van der Waals surface area contributed by atoms with Crippen LogP contribution in [0.2, 0.25) is 0 Å². The number of carbonyl (C=O) groups is 1. The van der Waals surface area contributed by atoms with Gasteiger partial charge < -0.3 is 9.47 Å². The molecule has 0 aromatic heterocycles. The van der Waals surface area contributed by atoms with Crippen molar-refractivity contribution < 1.29 is 17.0 Å². The van der Waals surface area contributed by atoms with Crippen molar-refractivity contribution in [3.8, 4) is 11.5 Å². The van der Waals surface area contributed by atoms with Crippen LogP contribution in [0.5, 0.6) is 11.5 Å². The molecule has 4 nitrogen and oxygen atoms in total. The van der Waals surface area contributed by atoms with E-state index in [2.05, 4.69) is 29.2 Å². The Kier molecular flexibility index (Phi) is 4.96. The number of piperidine rings is 1. The summed E-state index contributed by atoms with van der Waals surface area (Å²) in [4.78, 5) is 15.6. The first-order valence-corrected chi connectivity index (χ1v) is 10.1. The molecule has 1 unspecified atom stereocenters. The Morgan fingerprint density at radius 3 is 2.43 bits per heavy atom. The summed E-state index contributed by atoms with van der Waals surface area (Å²) in [6.45, 7) is 3.07. The zero-order chi connectivity index (χ0) is 21.3. The van der Waals surface area contributed by atoms with Crippen molar-refractivity contribution >= 4 is 5.78 Å². The number of Topliss-reactive ketones (excluding diaryl/α,β-unsaturated/α-hetero) is 1. The summed E-state index contributed by atoms with van der Waals surface area (Å²) in [5, 5.41) is 0. The Balaban J connectivity index is 1.41. The Bertz CT molecular complexity index is 924. The molecule has 28 heavy (non-hydrogen) atoms. The number of fused-ring (bicyclic) bond motifs is 1. The number of rotatable bonds is 6. The molecule has 0 amide bonds. The summed E-state index contributed by atoms with van der Waals surface area (Å²) in [6, 6.07) is 10.8. The number of benzene rings is 2. The van der Waals surface area contributed by atoms with Crippen molar-refractivity contribution in [3.05, 3.63) is 59.1 Å². The van der Waals surface area contributed by atoms with Crippen LogP contribution in [-0.4, -0.2) is 38.0 Å². The topological polar surface area (TPSA) is 38.8 Å². The van der Waals surface area contributed by atoms with Gasteiger partial charge in [0.15, 0.2) is 17.3 Å². The molecule has 1 heterocycles. The second-order valence-electron chi connectivity index (χ2n) is 7.88. The fourth-order valence-electron chi connectivity index (χ4n) is 4.51. The Morgan fingerprint density at radius 2 is 1.75 bits per heavy atom. The van der Waals surface area contributed by atoms with E-state index in [0.717, 1.165) is 38.9 Å². The summed E-state index contributed by atoms with van der Waals surface area (Å²) in [5.74, 6) is 0.799. The normalized spacial score (nSPS) is 21.2. The van der Waals surface area contributed by atoms with E-state index >= 15 is 0 Å². The van der Waals surface area contributed by atoms with E-state index in [-0.39, 0.29) is 35.3 Å². The molecule has 2 aromatic carbocycles. The van der Waals surface area contributed by atoms with Gasteiger partial charge in [-0.25, -0.2) is 0 Å². The molecule has 1 atom stereocenters. The number of carbonyl (C=O) groups excluding carboxylic acids is 1. The highest BCUT2D eigenvalue weighted by Gasteiger charge is 2.34. The van der Waals surface area contributed by atoms with Gasteiger partial charge in [0.05, 0.1) is 17.0 Å². The Morgan fingerprint density at radius 1 is 1.07 bits per heavy atom. The van der Waals surface area contributed by atoms with Crippen LogP contribution in [0.1, 0.15) is 43.5 Å². The van der Waals surface area contributed by atoms with Gasteiger partial charge in [0.2, 0.25) is 0 Å². The molecule has 2 aliphatic rings. The predicted molar refractivity (Wildman–Crippen MR) is 110 cm³/mol. The van der Waals surface area contributed by atoms with E-state index in [1.54, 1.807) is 0 Å². The minimum absolute atomic E-state index is 0.00355. The molecule has 1 fully saturated rings. The van der Waals surface area contributed by atoms with Crippen molar-refractivity contribution in [1.29, 1.82) is 0 Å². The zero-order valence-electron chi connectivity index (χ0n) is 18.7. The molecule has 1 aliphatic carbocycles. The minimum Gasteiger partial charge on any atom is -0.493 e. The average Bonchev–Trinajstić information content (AvgIpc) is 3.09. The number of likely N-dealkylation sites (tertiary alicyclic amines) is 1. The van der Waals surface area contributed by atoms with Gasteiger partial charge in [-0.1, -0.05) is 30.3 Å². The van der Waals surface area contributed by atoms with Gasteiger partial charge in [0.25, 0.3) is 0 Å². The number of methoxy groups -OCH3 is 2. The van der Waals surface area contributed by atoms with Crippen LogP contribution in [0.25, 0.3) is 0 Å². The van der Waals surface area contributed by atoms with Crippen LogP contribution < -0.4 is 9.47 Å². The first-order chi connectivity index (χ1) is 14.5. The largest absolute Gasteiger partial charge is 0.493 e. The summed E-state index contributed by atoms with van der Waals surface area (Å²) in [7, 11) is 2.92. The average molecular weight is 382 g/mol. The molecule has 1 saturated heterocycles. The van der Waals surface area contributed by atoms with Crippen LogP contribution in [0.3, 0.4) is 0 Å². The first-order valence-electron chi connectivity index (χ1n) is 11.1. The van der Waals surface area contributed by atoms with Crippen LogP contribution in [0.15, 0.2) is 42.4 Å². The van der Waals surface area contributed by atoms with Gasteiger partial charge in [0.1, 0.15) is 0 Å². The molecule has 4 rings (SSSR count). The van der Waals surface area contributed by atoms with E-state index in [1.165, 1.54) is 19.8 Å². The predicted octanol–water partition coefficient (Wildman–Crippen LogP) is 4.36. The third kappa shape index (κ3) is 3.93. The maximum atomic E-state index is 13.1. The van der Waals surface area contributed by atoms with Crippen LogP contribution >= 0.6 is 0 Å². The number of hydrogen-bond donors (Lipinski definition) is 0. The van der Waals surface area contributed by atoms with E-state index in [1.807, 2.05) is 6.07 Å². The Labute approximate surface area is 170 Å². The van der Waals surface area contributed by atoms with Gasteiger partial charge in [-0.2, -0.15) is 0 Å². The Hall–Kier alpha value is -2.33. The summed E-state index contributed by atoms with van der Waals surface area (Å²) in [5.41, 5.74) is 2.35. The highest BCUT2D eigenvalue weighted by Crippen LogP contribution is 2.39. The highest BCUT2D eigenvalue weighted by molar-refractivity contribution is 6.02. The van der Waals surface area contributed by atoms with Crippen molar-refractivity contribution in [3.63, 3.8) is 0 Å². The monoisotopic (exact) mass is 381 g/mol. The lowest BCUT2D eigenvalue weighted by atomic mass is 9.85. The van der Waals surface area contributed by atoms with Crippen LogP contribution in [0, 0.1) is 11.8 Å². The molecular weight excluding hydrogens is 350 g/mol. The van der Waals surface area contributed by atoms with Crippen LogP contribution in [0.4, 0.5) is 0 Å². The SMILES string of the molecule is [2H]c1c2c(c([2H])c(OC)c1OC)C(=O)C(CC1CCN(Cc3ccccc3)CC1)C2. The molecule has 148 valence electrons. The quantitative estimate of drug-likeness (QED) is 0.745. The molecule has 2 aromatic rings. The minimum atomic E-state index is -0.143. The summed E-state index contributed by atoms with van der Waals surface area (Å²) in [6.07, 6.45) is 3.53. The molecule has 0 radical (unpaired) electrons. The van der Waals surface area contributed by atoms with E-state index in [4.69, 9.17) is 12.2 Å². The molecule has 1 aliphatic heterocycles. The maximum Gasteiger partial charge on any atom is 0.166 e. The number of ketones is 1. The van der Waals surface area contributed by atoms with Crippen LogP contribution in [-0.2, 0) is 13.0 Å². The molecule has 0 bridgehead atoms. The van der Waals surface area contributed by atoms with Crippen molar-refractivity contribution in [1.82, 2.24) is 4.90 Å². The fraction of sp³-hybridized carbons (Fsp3) is 0.458. The first kappa shape index (κ1) is 16.6. The third-order valence-corrected chi connectivity index (χ3v) is 6.06. The zero-order valence-corrected chi connectivity index (χ0v) is 16.7. The van der Waals surface area contributed by atoms with Gasteiger partial charge in [0, 0.05) is 18.0 Å². The lowest BCUT2D eigenvalue weighted by Crippen LogP contribution is -2.34. The number of hydrogen-bond acceptors (Lipinski definition) is 4. The van der Waals surface area contributed by atoms with Gasteiger partial charge >= 0.3 is 0 Å². The molecule has 0 saturated carbocycles. The molecule has 0 spiro atoms. The summed E-state index contributed by atoms with van der Waals surface area (Å²) < 4.78 is 27.5. The molecule has 4 heteroatoms. The van der Waals surface area contributed by atoms with E-state index in [0.29, 0.717) is 23.5 Å². The fourth-order valence-corrected chi connectivity index (χ4v) is 4.51. The van der Waals surface area contributed by atoms with E-state index in [9.17, 15) is 4.79 Å². The number of ether oxygens (including phenoxy) is 2.